The molecule has 1 unspecified atom stereocenters. The summed E-state index contributed by atoms with van der Waals surface area (Å²) in [5.41, 5.74) is 0. The molecule has 328 valence electrons. The second-order valence-electron chi connectivity index (χ2n) is 16.4. The molecule has 0 aromatic carbocycles. The molecule has 0 rings (SSSR count). The normalized spacial score (nSPS) is 12.4. The first-order chi connectivity index (χ1) is 27.6. The molecule has 0 aromatic rings. The Bertz CT molecular complexity index is 893. The molecule has 0 amide bonds. The molecule has 0 aromatic heterocycles. The van der Waals surface area contributed by atoms with Gasteiger partial charge in [-0.2, -0.15) is 0 Å². The van der Waals surface area contributed by atoms with Crippen LogP contribution < -0.4 is 0 Å². The molecule has 0 bridgehead atoms. The molecule has 0 saturated heterocycles. The lowest BCUT2D eigenvalue weighted by atomic mass is 10.1. The van der Waals surface area contributed by atoms with E-state index in [0.29, 0.717) is 19.4 Å². The Morgan fingerprint density at radius 2 is 0.696 bits per heavy atom. The van der Waals surface area contributed by atoms with Gasteiger partial charge in [-0.3, -0.25) is 9.59 Å². The third-order valence-electron chi connectivity index (χ3n) is 10.6. The zero-order chi connectivity index (χ0) is 40.7. The molecular weight excluding hydrogens is 693 g/mol. The van der Waals surface area contributed by atoms with Crippen molar-refractivity contribution in [3.63, 3.8) is 0 Å². The van der Waals surface area contributed by atoms with Crippen LogP contribution in [-0.2, 0) is 23.8 Å². The topological polar surface area (TPSA) is 61.8 Å². The Morgan fingerprint density at radius 1 is 0.375 bits per heavy atom. The summed E-state index contributed by atoms with van der Waals surface area (Å²) in [5.74, 6) is -0.413. The molecule has 56 heavy (non-hydrogen) atoms. The van der Waals surface area contributed by atoms with Crippen LogP contribution in [0.2, 0.25) is 0 Å². The standard InChI is InChI=1S/C51H94O5/c1-4-7-10-13-16-19-22-25-28-31-34-37-40-43-46-54-47-49(56-51(53)45-42-39-36-33-30-27-24-21-18-15-12-9-6-3)48-55-50(52)44-41-38-35-32-29-26-23-20-17-14-11-8-5-2/h19-24,49H,4-18,25-48H2,1-3H3/b22-19-,23-20-,24-21-. The van der Waals surface area contributed by atoms with E-state index in [1.165, 1.54) is 154 Å². The van der Waals surface area contributed by atoms with Crippen molar-refractivity contribution in [3.05, 3.63) is 36.5 Å². The molecule has 0 spiro atoms. The molecule has 5 heteroatoms. The van der Waals surface area contributed by atoms with Crippen LogP contribution in [0.5, 0.6) is 0 Å². The Balaban J connectivity index is 4.28. The van der Waals surface area contributed by atoms with Crippen molar-refractivity contribution in [2.45, 2.75) is 258 Å². The molecule has 0 heterocycles. The van der Waals surface area contributed by atoms with E-state index in [4.69, 9.17) is 14.2 Å². The van der Waals surface area contributed by atoms with Gasteiger partial charge in [-0.15, -0.1) is 0 Å². The lowest BCUT2D eigenvalue weighted by molar-refractivity contribution is -0.163. The Morgan fingerprint density at radius 3 is 1.09 bits per heavy atom. The van der Waals surface area contributed by atoms with E-state index in [2.05, 4.69) is 57.2 Å². The van der Waals surface area contributed by atoms with Gasteiger partial charge in [0.05, 0.1) is 6.61 Å². The van der Waals surface area contributed by atoms with Gasteiger partial charge in [0, 0.05) is 19.4 Å². The van der Waals surface area contributed by atoms with Crippen LogP contribution >= 0.6 is 0 Å². The first kappa shape index (κ1) is 54.1. The molecule has 0 fully saturated rings. The van der Waals surface area contributed by atoms with E-state index in [1.54, 1.807) is 0 Å². The third-order valence-corrected chi connectivity index (χ3v) is 10.6. The van der Waals surface area contributed by atoms with Gasteiger partial charge in [0.1, 0.15) is 6.61 Å². The summed E-state index contributed by atoms with van der Waals surface area (Å²) in [6.07, 6.45) is 55.7. The molecule has 0 saturated carbocycles. The zero-order valence-electron chi connectivity index (χ0n) is 37.7. The number of hydrogen-bond acceptors (Lipinski definition) is 5. The van der Waals surface area contributed by atoms with Crippen molar-refractivity contribution in [3.8, 4) is 0 Å². The molecule has 0 aliphatic rings. The SMILES string of the molecule is CCCCCC/C=C\CCCCCCCCOCC(COC(=O)CCCCCCC/C=C\CCCCCC)OC(=O)CCCCCCC/C=C\CCCCCC. The van der Waals surface area contributed by atoms with Crippen LogP contribution in [0.25, 0.3) is 0 Å². The van der Waals surface area contributed by atoms with Gasteiger partial charge in [-0.1, -0.05) is 179 Å². The fourth-order valence-corrected chi connectivity index (χ4v) is 6.90. The maximum Gasteiger partial charge on any atom is 0.306 e. The number of esters is 2. The lowest BCUT2D eigenvalue weighted by Crippen LogP contribution is -2.30. The summed E-state index contributed by atoms with van der Waals surface area (Å²) >= 11 is 0. The Hall–Kier alpha value is -1.88. The summed E-state index contributed by atoms with van der Waals surface area (Å²) in [6, 6.07) is 0. The fourth-order valence-electron chi connectivity index (χ4n) is 6.90. The van der Waals surface area contributed by atoms with Gasteiger partial charge < -0.3 is 14.2 Å². The molecule has 0 radical (unpaired) electrons. The molecule has 0 N–H and O–H groups in total. The number of carbonyl (C=O) groups is 2. The van der Waals surface area contributed by atoms with Gasteiger partial charge >= 0.3 is 11.9 Å². The lowest BCUT2D eigenvalue weighted by Gasteiger charge is -2.18. The van der Waals surface area contributed by atoms with Gasteiger partial charge in [0.15, 0.2) is 6.10 Å². The average molecular weight is 787 g/mol. The van der Waals surface area contributed by atoms with E-state index < -0.39 is 6.10 Å². The Labute approximate surface area is 349 Å². The van der Waals surface area contributed by atoms with Crippen molar-refractivity contribution in [1.82, 2.24) is 0 Å². The largest absolute Gasteiger partial charge is 0.462 e. The smallest absolute Gasteiger partial charge is 0.306 e. The maximum atomic E-state index is 12.7. The average Bonchev–Trinajstić information content (AvgIpc) is 3.20. The van der Waals surface area contributed by atoms with E-state index in [9.17, 15) is 9.59 Å². The fraction of sp³-hybridized carbons (Fsp3) is 0.843. The number of hydrogen-bond donors (Lipinski definition) is 0. The van der Waals surface area contributed by atoms with E-state index in [-0.39, 0.29) is 25.2 Å². The highest BCUT2D eigenvalue weighted by Crippen LogP contribution is 2.13. The predicted molar refractivity (Wildman–Crippen MR) is 242 cm³/mol. The van der Waals surface area contributed by atoms with E-state index in [1.807, 2.05) is 0 Å². The molecule has 1 atom stereocenters. The van der Waals surface area contributed by atoms with Crippen molar-refractivity contribution in [1.29, 1.82) is 0 Å². The van der Waals surface area contributed by atoms with Gasteiger partial charge in [-0.25, -0.2) is 0 Å². The van der Waals surface area contributed by atoms with Gasteiger partial charge in [0.2, 0.25) is 0 Å². The predicted octanol–water partition coefficient (Wildman–Crippen LogP) is 16.2. The van der Waals surface area contributed by atoms with Crippen molar-refractivity contribution in [2.24, 2.45) is 0 Å². The number of carbonyl (C=O) groups excluding carboxylic acids is 2. The minimum absolute atomic E-state index is 0.0780. The van der Waals surface area contributed by atoms with Gasteiger partial charge in [-0.05, 0) is 96.3 Å². The highest BCUT2D eigenvalue weighted by Gasteiger charge is 2.17. The van der Waals surface area contributed by atoms with Crippen molar-refractivity contribution >= 4 is 11.9 Å². The summed E-state index contributed by atoms with van der Waals surface area (Å²) in [7, 11) is 0. The van der Waals surface area contributed by atoms with E-state index in [0.717, 1.165) is 64.2 Å². The highest BCUT2D eigenvalue weighted by atomic mass is 16.6. The summed E-state index contributed by atoms with van der Waals surface area (Å²) in [4.78, 5) is 25.3. The Kier molecular flexibility index (Phi) is 45.9. The molecule has 0 aliphatic heterocycles. The number of allylic oxidation sites excluding steroid dienone is 6. The monoisotopic (exact) mass is 787 g/mol. The van der Waals surface area contributed by atoms with Gasteiger partial charge in [0.25, 0.3) is 0 Å². The number of rotatable bonds is 45. The van der Waals surface area contributed by atoms with Crippen LogP contribution in [0.15, 0.2) is 36.5 Å². The minimum Gasteiger partial charge on any atom is -0.462 e. The van der Waals surface area contributed by atoms with Crippen molar-refractivity contribution < 1.29 is 23.8 Å². The minimum atomic E-state index is -0.542. The second kappa shape index (κ2) is 47.5. The molecule has 5 nitrogen and oxygen atoms in total. The quantitative estimate of drug-likeness (QED) is 0.0349. The van der Waals surface area contributed by atoms with Crippen LogP contribution in [0.1, 0.15) is 252 Å². The van der Waals surface area contributed by atoms with Crippen LogP contribution in [0.4, 0.5) is 0 Å². The summed E-state index contributed by atoms with van der Waals surface area (Å²) in [6.45, 7) is 7.78. The third kappa shape index (κ3) is 44.8. The maximum absolute atomic E-state index is 12.7. The van der Waals surface area contributed by atoms with Crippen LogP contribution in [0, 0.1) is 0 Å². The van der Waals surface area contributed by atoms with E-state index >= 15 is 0 Å². The highest BCUT2D eigenvalue weighted by molar-refractivity contribution is 5.70. The summed E-state index contributed by atoms with van der Waals surface area (Å²) < 4.78 is 17.3. The first-order valence-corrected chi connectivity index (χ1v) is 24.5. The molecule has 0 aliphatic carbocycles. The second-order valence-corrected chi connectivity index (χ2v) is 16.4. The summed E-state index contributed by atoms with van der Waals surface area (Å²) in [5, 5.41) is 0. The zero-order valence-corrected chi connectivity index (χ0v) is 37.7. The number of unbranched alkanes of at least 4 members (excludes halogenated alkanes) is 28. The first-order valence-electron chi connectivity index (χ1n) is 24.5. The molecular formula is C51H94O5. The van der Waals surface area contributed by atoms with Crippen molar-refractivity contribution in [2.75, 3.05) is 19.8 Å². The van der Waals surface area contributed by atoms with Crippen LogP contribution in [-0.4, -0.2) is 37.9 Å². The van der Waals surface area contributed by atoms with Crippen LogP contribution in [0.3, 0.4) is 0 Å². The number of ether oxygens (including phenoxy) is 3.